The predicted octanol–water partition coefficient (Wildman–Crippen LogP) is 20.8. The maximum Gasteiger partial charge on any atom is 0.306 e. The lowest BCUT2D eigenvalue weighted by Crippen LogP contribution is -2.30. The largest absolute Gasteiger partial charge is 0.462 e. The van der Waals surface area contributed by atoms with Crippen LogP contribution in [-0.2, 0) is 28.6 Å². The Balaban J connectivity index is 4.46. The van der Waals surface area contributed by atoms with Crippen molar-refractivity contribution < 1.29 is 28.6 Å². The molecule has 6 nitrogen and oxygen atoms in total. The van der Waals surface area contributed by atoms with E-state index in [0.29, 0.717) is 19.3 Å². The second kappa shape index (κ2) is 61.4. The van der Waals surface area contributed by atoms with E-state index in [-0.39, 0.29) is 31.1 Å². The molecule has 0 N–H and O–H groups in total. The number of hydrogen-bond acceptors (Lipinski definition) is 6. The molecule has 0 amide bonds. The Bertz CT molecular complexity index is 1550. The van der Waals surface area contributed by atoms with Crippen LogP contribution in [0, 0.1) is 0 Å². The molecule has 74 heavy (non-hydrogen) atoms. The molecular weight excluding hydrogens is 913 g/mol. The summed E-state index contributed by atoms with van der Waals surface area (Å²) >= 11 is 0. The summed E-state index contributed by atoms with van der Waals surface area (Å²) < 4.78 is 16.9. The topological polar surface area (TPSA) is 78.9 Å². The molecule has 420 valence electrons. The summed E-state index contributed by atoms with van der Waals surface area (Å²) in [7, 11) is 0. The standard InChI is InChI=1S/C68H112O6/c1-4-7-10-13-16-19-22-25-28-30-31-32-33-34-35-36-37-39-40-43-46-49-52-55-58-61-67(70)73-64-65(63-72-66(69)60-57-54-51-48-45-42-27-24-21-18-15-12-9-6-3)74-68(71)62-59-56-53-50-47-44-41-38-29-26-23-20-17-14-11-8-5-2/h7,10,15-16,18-19,24-29,31-32,34-35,37,39,43,46,65H,4-6,8-9,11-14,17,20-23,30,33,36,38,40-42,44-45,47-64H2,1-3H3/b10-7-,18-15-,19-16-,27-24-,28-25-,29-26-,32-31-,35-34-,39-37-,46-43-. The van der Waals surface area contributed by atoms with E-state index in [1.807, 2.05) is 0 Å². The van der Waals surface area contributed by atoms with Gasteiger partial charge in [0.05, 0.1) is 0 Å². The van der Waals surface area contributed by atoms with Gasteiger partial charge in [-0.25, -0.2) is 0 Å². The highest BCUT2D eigenvalue weighted by atomic mass is 16.6. The summed E-state index contributed by atoms with van der Waals surface area (Å²) in [6, 6.07) is 0. The van der Waals surface area contributed by atoms with E-state index in [1.165, 1.54) is 96.3 Å². The average molecular weight is 1030 g/mol. The zero-order chi connectivity index (χ0) is 53.6. The third kappa shape index (κ3) is 58.7. The first-order valence-electron chi connectivity index (χ1n) is 30.5. The first kappa shape index (κ1) is 69.8. The van der Waals surface area contributed by atoms with Crippen molar-refractivity contribution in [3.63, 3.8) is 0 Å². The van der Waals surface area contributed by atoms with Crippen molar-refractivity contribution in [2.75, 3.05) is 13.2 Å². The maximum atomic E-state index is 12.9. The van der Waals surface area contributed by atoms with Crippen molar-refractivity contribution in [1.29, 1.82) is 0 Å². The Morgan fingerprint density at radius 3 is 0.892 bits per heavy atom. The molecule has 0 aromatic rings. The van der Waals surface area contributed by atoms with Gasteiger partial charge in [-0.2, -0.15) is 0 Å². The van der Waals surface area contributed by atoms with Crippen molar-refractivity contribution >= 4 is 17.9 Å². The molecule has 0 radical (unpaired) electrons. The van der Waals surface area contributed by atoms with E-state index in [1.54, 1.807) is 0 Å². The molecule has 0 saturated carbocycles. The quantitative estimate of drug-likeness (QED) is 0.0261. The molecule has 1 atom stereocenters. The van der Waals surface area contributed by atoms with Crippen LogP contribution < -0.4 is 0 Å². The van der Waals surface area contributed by atoms with E-state index in [0.717, 1.165) is 135 Å². The van der Waals surface area contributed by atoms with Gasteiger partial charge in [-0.15, -0.1) is 0 Å². The van der Waals surface area contributed by atoms with Crippen molar-refractivity contribution in [1.82, 2.24) is 0 Å². The molecule has 6 heteroatoms. The minimum absolute atomic E-state index is 0.100. The smallest absolute Gasteiger partial charge is 0.306 e. The Morgan fingerprint density at radius 1 is 0.284 bits per heavy atom. The lowest BCUT2D eigenvalue weighted by atomic mass is 10.1. The third-order valence-electron chi connectivity index (χ3n) is 12.7. The molecule has 0 aliphatic carbocycles. The van der Waals surface area contributed by atoms with E-state index in [2.05, 4.69) is 142 Å². The molecule has 0 aliphatic heterocycles. The van der Waals surface area contributed by atoms with E-state index in [9.17, 15) is 14.4 Å². The van der Waals surface area contributed by atoms with E-state index < -0.39 is 6.10 Å². The minimum atomic E-state index is -0.804. The van der Waals surface area contributed by atoms with Gasteiger partial charge in [0.2, 0.25) is 0 Å². The molecule has 0 rings (SSSR count). The summed E-state index contributed by atoms with van der Waals surface area (Å²) in [6.45, 7) is 6.44. The monoisotopic (exact) mass is 1020 g/mol. The van der Waals surface area contributed by atoms with Crippen LogP contribution in [0.4, 0.5) is 0 Å². The van der Waals surface area contributed by atoms with Crippen LogP contribution in [0.25, 0.3) is 0 Å². The van der Waals surface area contributed by atoms with Crippen LogP contribution >= 0.6 is 0 Å². The number of ether oxygens (including phenoxy) is 3. The van der Waals surface area contributed by atoms with Crippen LogP contribution in [-0.4, -0.2) is 37.2 Å². The lowest BCUT2D eigenvalue weighted by molar-refractivity contribution is -0.167. The zero-order valence-corrected chi connectivity index (χ0v) is 48.1. The first-order valence-corrected chi connectivity index (χ1v) is 30.5. The highest BCUT2D eigenvalue weighted by Gasteiger charge is 2.19. The first-order chi connectivity index (χ1) is 36.5. The number of carbonyl (C=O) groups is 3. The van der Waals surface area contributed by atoms with Crippen LogP contribution in [0.2, 0.25) is 0 Å². The third-order valence-corrected chi connectivity index (χ3v) is 12.7. The van der Waals surface area contributed by atoms with E-state index in [4.69, 9.17) is 14.2 Å². The fraction of sp³-hybridized carbons (Fsp3) is 0.662. The number of allylic oxidation sites excluding steroid dienone is 20. The highest BCUT2D eigenvalue weighted by Crippen LogP contribution is 2.14. The highest BCUT2D eigenvalue weighted by molar-refractivity contribution is 5.71. The second-order valence-corrected chi connectivity index (χ2v) is 19.9. The minimum Gasteiger partial charge on any atom is -0.462 e. The van der Waals surface area contributed by atoms with Gasteiger partial charge < -0.3 is 14.2 Å². The van der Waals surface area contributed by atoms with Crippen molar-refractivity contribution in [2.45, 2.75) is 277 Å². The van der Waals surface area contributed by atoms with Gasteiger partial charge in [-0.1, -0.05) is 245 Å². The fourth-order valence-electron chi connectivity index (χ4n) is 8.08. The van der Waals surface area contributed by atoms with E-state index >= 15 is 0 Å². The van der Waals surface area contributed by atoms with Gasteiger partial charge in [-0.3, -0.25) is 14.4 Å². The van der Waals surface area contributed by atoms with Crippen molar-refractivity contribution in [3.05, 3.63) is 122 Å². The number of hydrogen-bond donors (Lipinski definition) is 0. The molecule has 0 fully saturated rings. The lowest BCUT2D eigenvalue weighted by Gasteiger charge is -2.18. The van der Waals surface area contributed by atoms with Crippen LogP contribution in [0.1, 0.15) is 271 Å². The molecule has 1 unspecified atom stereocenters. The van der Waals surface area contributed by atoms with Crippen LogP contribution in [0.5, 0.6) is 0 Å². The van der Waals surface area contributed by atoms with Crippen LogP contribution in [0.3, 0.4) is 0 Å². The summed E-state index contributed by atoms with van der Waals surface area (Å²) in [4.78, 5) is 38.2. The summed E-state index contributed by atoms with van der Waals surface area (Å²) in [5, 5.41) is 0. The van der Waals surface area contributed by atoms with Crippen molar-refractivity contribution in [2.24, 2.45) is 0 Å². The predicted molar refractivity (Wildman–Crippen MR) is 320 cm³/mol. The Labute approximate surface area is 456 Å². The molecule has 0 aromatic carbocycles. The summed E-state index contributed by atoms with van der Waals surface area (Å²) in [5.41, 5.74) is 0. The number of esters is 3. The molecule has 0 spiro atoms. The zero-order valence-electron chi connectivity index (χ0n) is 48.1. The van der Waals surface area contributed by atoms with Gasteiger partial charge in [0.15, 0.2) is 6.10 Å². The Morgan fingerprint density at radius 2 is 0.541 bits per heavy atom. The van der Waals surface area contributed by atoms with Crippen LogP contribution in [0.15, 0.2) is 122 Å². The number of carbonyl (C=O) groups excluding carboxylic acids is 3. The molecule has 0 aromatic heterocycles. The van der Waals surface area contributed by atoms with Gasteiger partial charge in [-0.05, 0) is 128 Å². The Kier molecular flexibility index (Phi) is 57.9. The second-order valence-electron chi connectivity index (χ2n) is 19.9. The summed E-state index contributed by atoms with van der Waals surface area (Å²) in [6.07, 6.45) is 84.7. The maximum absolute atomic E-state index is 12.9. The van der Waals surface area contributed by atoms with Crippen molar-refractivity contribution in [3.8, 4) is 0 Å². The molecule has 0 saturated heterocycles. The number of rotatable bonds is 54. The molecule has 0 aliphatic rings. The van der Waals surface area contributed by atoms with Gasteiger partial charge >= 0.3 is 17.9 Å². The summed E-state index contributed by atoms with van der Waals surface area (Å²) in [5.74, 6) is -0.950. The molecule has 0 bridgehead atoms. The van der Waals surface area contributed by atoms with Gasteiger partial charge in [0, 0.05) is 19.3 Å². The normalized spacial score (nSPS) is 13.0. The molecule has 0 heterocycles. The van der Waals surface area contributed by atoms with Gasteiger partial charge in [0.25, 0.3) is 0 Å². The Hall–Kier alpha value is -4.19. The number of unbranched alkanes of at least 4 members (excludes halogenated alkanes) is 23. The SMILES string of the molecule is CC/C=C\C/C=C\C/C=C\C/C=C\C/C=C\C/C=C\C/C=C\CCCCCC(=O)OCC(COC(=O)CCCCCCC/C=C\C/C=C\CCCC)OC(=O)CCCCCCCCC/C=C\CCCCCCCC. The average Bonchev–Trinajstić information content (AvgIpc) is 3.40. The van der Waals surface area contributed by atoms with Gasteiger partial charge in [0.1, 0.15) is 13.2 Å². The molecular formula is C68H112O6. The fourth-order valence-corrected chi connectivity index (χ4v) is 8.08.